The zero-order valence-corrected chi connectivity index (χ0v) is 21.6. The standard InChI is InChI=1S/C28H32FN5O4/c1-18-17-34(12-14-36-18)24-8-6-20(16-22(24)29)32-27-31-11-9-23(33-27)19-5-7-21(26(30)35)25(15-19)38-28(2)10-3-4-13-37-28/h5-9,11,15-16,18H,3-4,10,12-14,17H2,1-2H3,(H2,30,35)(H,31,32,33). The average Bonchev–Trinajstić information content (AvgIpc) is 2.89. The topological polar surface area (TPSA) is 112 Å². The average molecular weight is 522 g/mol. The summed E-state index contributed by atoms with van der Waals surface area (Å²) in [5, 5.41) is 3.08. The number of rotatable bonds is 7. The predicted molar refractivity (Wildman–Crippen MR) is 142 cm³/mol. The van der Waals surface area contributed by atoms with Crippen LogP contribution in [-0.2, 0) is 9.47 Å². The molecule has 2 aromatic carbocycles. The van der Waals surface area contributed by atoms with Gasteiger partial charge in [0.25, 0.3) is 5.91 Å². The lowest BCUT2D eigenvalue weighted by molar-refractivity contribution is -0.192. The van der Waals surface area contributed by atoms with Crippen LogP contribution in [0.15, 0.2) is 48.7 Å². The Bertz CT molecular complexity index is 1310. The number of nitrogens with one attached hydrogen (secondary N) is 1. The van der Waals surface area contributed by atoms with Gasteiger partial charge in [0.2, 0.25) is 11.7 Å². The maximum atomic E-state index is 15.0. The molecule has 2 unspecified atom stereocenters. The molecule has 0 spiro atoms. The van der Waals surface area contributed by atoms with Gasteiger partial charge in [-0.2, -0.15) is 0 Å². The molecule has 0 aliphatic carbocycles. The van der Waals surface area contributed by atoms with Crippen molar-refractivity contribution in [1.29, 1.82) is 0 Å². The summed E-state index contributed by atoms with van der Waals surface area (Å²) in [6, 6.07) is 11.8. The molecule has 200 valence electrons. The van der Waals surface area contributed by atoms with E-state index >= 15 is 0 Å². The second-order valence-corrected chi connectivity index (χ2v) is 9.80. The maximum absolute atomic E-state index is 15.0. The smallest absolute Gasteiger partial charge is 0.252 e. The van der Waals surface area contributed by atoms with Crippen molar-refractivity contribution in [1.82, 2.24) is 9.97 Å². The lowest BCUT2D eigenvalue weighted by atomic mass is 10.0. The number of halogens is 1. The predicted octanol–water partition coefficient (Wildman–Crippen LogP) is 4.65. The molecule has 0 radical (unpaired) electrons. The Balaban J connectivity index is 1.36. The molecule has 0 saturated carbocycles. The highest BCUT2D eigenvalue weighted by Gasteiger charge is 2.31. The van der Waals surface area contributed by atoms with Gasteiger partial charge in [-0.15, -0.1) is 0 Å². The maximum Gasteiger partial charge on any atom is 0.252 e. The minimum atomic E-state index is -0.838. The Morgan fingerprint density at radius 1 is 1.21 bits per heavy atom. The molecule has 1 amide bonds. The van der Waals surface area contributed by atoms with Crippen LogP contribution in [0.25, 0.3) is 11.3 Å². The molecular weight excluding hydrogens is 489 g/mol. The molecule has 2 aliphatic heterocycles. The minimum Gasteiger partial charge on any atom is -0.462 e. The highest BCUT2D eigenvalue weighted by atomic mass is 19.1. The Labute approximate surface area is 221 Å². The molecule has 9 nitrogen and oxygen atoms in total. The van der Waals surface area contributed by atoms with E-state index in [0.717, 1.165) is 12.8 Å². The van der Waals surface area contributed by atoms with Crippen molar-refractivity contribution in [2.75, 3.05) is 36.5 Å². The van der Waals surface area contributed by atoms with Crippen LogP contribution < -0.4 is 20.7 Å². The molecule has 2 saturated heterocycles. The van der Waals surface area contributed by atoms with Crippen molar-refractivity contribution in [3.05, 3.63) is 60.0 Å². The number of amides is 1. The van der Waals surface area contributed by atoms with Crippen molar-refractivity contribution in [3.8, 4) is 17.0 Å². The molecule has 5 rings (SSSR count). The normalized spacial score (nSPS) is 21.7. The number of hydrogen-bond acceptors (Lipinski definition) is 8. The van der Waals surface area contributed by atoms with Gasteiger partial charge in [-0.3, -0.25) is 4.79 Å². The van der Waals surface area contributed by atoms with Crippen molar-refractivity contribution < 1.29 is 23.4 Å². The van der Waals surface area contributed by atoms with E-state index in [9.17, 15) is 9.18 Å². The second kappa shape index (κ2) is 10.9. The zero-order valence-electron chi connectivity index (χ0n) is 21.6. The third-order valence-electron chi connectivity index (χ3n) is 6.74. The number of morpholine rings is 1. The van der Waals surface area contributed by atoms with Crippen LogP contribution in [0.3, 0.4) is 0 Å². The highest BCUT2D eigenvalue weighted by molar-refractivity contribution is 5.96. The third-order valence-corrected chi connectivity index (χ3v) is 6.74. The molecular formula is C28H32FN5O4. The molecule has 3 heterocycles. The van der Waals surface area contributed by atoms with E-state index in [1.165, 1.54) is 6.07 Å². The minimum absolute atomic E-state index is 0.0538. The summed E-state index contributed by atoms with van der Waals surface area (Å²) in [5.74, 6) is -1.12. The first kappa shape index (κ1) is 25.9. The lowest BCUT2D eigenvalue weighted by Gasteiger charge is -2.34. The number of nitrogens with two attached hydrogens (primary N) is 1. The first-order valence-corrected chi connectivity index (χ1v) is 12.8. The van der Waals surface area contributed by atoms with E-state index in [1.807, 2.05) is 18.7 Å². The van der Waals surface area contributed by atoms with E-state index in [1.54, 1.807) is 42.6 Å². The van der Waals surface area contributed by atoms with Crippen LogP contribution in [0, 0.1) is 5.82 Å². The first-order valence-electron chi connectivity index (χ1n) is 12.8. The monoisotopic (exact) mass is 521 g/mol. The highest BCUT2D eigenvalue weighted by Crippen LogP contribution is 2.33. The number of aromatic nitrogens is 2. The van der Waals surface area contributed by atoms with Crippen molar-refractivity contribution in [2.45, 2.75) is 45.0 Å². The number of benzene rings is 2. The molecule has 0 bridgehead atoms. The van der Waals surface area contributed by atoms with Crippen LogP contribution >= 0.6 is 0 Å². The number of carbonyl (C=O) groups is 1. The van der Waals surface area contributed by atoms with E-state index in [4.69, 9.17) is 19.9 Å². The number of ether oxygens (including phenoxy) is 3. The number of hydrogen-bond donors (Lipinski definition) is 2. The van der Waals surface area contributed by atoms with Gasteiger partial charge in [0, 0.05) is 43.9 Å². The van der Waals surface area contributed by atoms with E-state index < -0.39 is 11.7 Å². The molecule has 10 heteroatoms. The Hall–Kier alpha value is -3.76. The number of anilines is 3. The zero-order chi connectivity index (χ0) is 26.7. The van der Waals surface area contributed by atoms with Gasteiger partial charge >= 0.3 is 0 Å². The summed E-state index contributed by atoms with van der Waals surface area (Å²) in [6.45, 7) is 6.28. The summed E-state index contributed by atoms with van der Waals surface area (Å²) in [6.07, 6.45) is 4.31. The van der Waals surface area contributed by atoms with Gasteiger partial charge < -0.3 is 30.2 Å². The SMILES string of the molecule is CC1CN(c2ccc(Nc3nccc(-c4ccc(C(N)=O)c(OC5(C)CCCCO5)c4)n3)cc2F)CCO1. The lowest BCUT2D eigenvalue weighted by Crippen LogP contribution is -2.41. The van der Waals surface area contributed by atoms with Crippen molar-refractivity contribution >= 4 is 23.2 Å². The number of primary amides is 1. The van der Waals surface area contributed by atoms with E-state index in [0.29, 0.717) is 67.1 Å². The number of nitrogens with zero attached hydrogens (tertiary/aromatic N) is 3. The molecule has 2 aliphatic rings. The summed E-state index contributed by atoms with van der Waals surface area (Å²) >= 11 is 0. The van der Waals surface area contributed by atoms with Crippen molar-refractivity contribution in [2.24, 2.45) is 5.73 Å². The summed E-state index contributed by atoms with van der Waals surface area (Å²) in [4.78, 5) is 22.9. The molecule has 2 atom stereocenters. The fourth-order valence-corrected chi connectivity index (χ4v) is 4.78. The molecule has 2 fully saturated rings. The third kappa shape index (κ3) is 5.87. The van der Waals surface area contributed by atoms with Gasteiger partial charge in [0.15, 0.2) is 0 Å². The van der Waals surface area contributed by atoms with E-state index in [2.05, 4.69) is 15.3 Å². The first-order chi connectivity index (χ1) is 18.3. The van der Waals surface area contributed by atoms with Crippen LogP contribution in [0.5, 0.6) is 5.75 Å². The van der Waals surface area contributed by atoms with Gasteiger partial charge in [0.1, 0.15) is 11.6 Å². The Morgan fingerprint density at radius 2 is 2.08 bits per heavy atom. The molecule has 3 N–H and O–H groups in total. The summed E-state index contributed by atoms with van der Waals surface area (Å²) < 4.78 is 32.5. The summed E-state index contributed by atoms with van der Waals surface area (Å²) in [7, 11) is 0. The molecule has 1 aromatic heterocycles. The molecule has 3 aromatic rings. The van der Waals surface area contributed by atoms with Crippen LogP contribution in [-0.4, -0.2) is 54.1 Å². The molecule has 38 heavy (non-hydrogen) atoms. The fraction of sp³-hybridized carbons (Fsp3) is 0.393. The number of carbonyl (C=O) groups excluding carboxylic acids is 1. The fourth-order valence-electron chi connectivity index (χ4n) is 4.78. The van der Waals surface area contributed by atoms with Gasteiger partial charge in [-0.1, -0.05) is 6.07 Å². The quantitative estimate of drug-likeness (QED) is 0.462. The van der Waals surface area contributed by atoms with Crippen LogP contribution in [0.2, 0.25) is 0 Å². The largest absolute Gasteiger partial charge is 0.462 e. The van der Waals surface area contributed by atoms with Crippen molar-refractivity contribution in [3.63, 3.8) is 0 Å². The van der Waals surface area contributed by atoms with Crippen LogP contribution in [0.1, 0.15) is 43.5 Å². The van der Waals surface area contributed by atoms with Gasteiger partial charge in [-0.25, -0.2) is 14.4 Å². The second-order valence-electron chi connectivity index (χ2n) is 9.80. The Morgan fingerprint density at radius 3 is 2.82 bits per heavy atom. The van der Waals surface area contributed by atoms with Gasteiger partial charge in [-0.05, 0) is 56.2 Å². The van der Waals surface area contributed by atoms with Gasteiger partial charge in [0.05, 0.1) is 36.3 Å². The summed E-state index contributed by atoms with van der Waals surface area (Å²) in [5.41, 5.74) is 8.24. The van der Waals surface area contributed by atoms with E-state index in [-0.39, 0.29) is 17.5 Å². The van der Waals surface area contributed by atoms with Crippen LogP contribution in [0.4, 0.5) is 21.7 Å². The Kier molecular flexibility index (Phi) is 7.44.